The standard InChI is InChI=1S/C15H21BrN2O/c1-11-13(6-4-7-14(11)16)15(19)18-10-3-2-5-12(18)8-9-17/h4,6-7,12H,2-3,5,8-10,17H2,1H3. The highest BCUT2D eigenvalue weighted by molar-refractivity contribution is 9.10. The zero-order valence-corrected chi connectivity index (χ0v) is 12.9. The minimum Gasteiger partial charge on any atom is -0.336 e. The summed E-state index contributed by atoms with van der Waals surface area (Å²) in [5.41, 5.74) is 7.49. The van der Waals surface area contributed by atoms with Crippen molar-refractivity contribution in [1.29, 1.82) is 0 Å². The molecule has 1 fully saturated rings. The summed E-state index contributed by atoms with van der Waals surface area (Å²) in [5, 5.41) is 0. The van der Waals surface area contributed by atoms with E-state index in [1.54, 1.807) is 0 Å². The number of hydrogen-bond donors (Lipinski definition) is 1. The molecular weight excluding hydrogens is 304 g/mol. The van der Waals surface area contributed by atoms with Crippen molar-refractivity contribution in [3.05, 3.63) is 33.8 Å². The molecule has 0 aliphatic carbocycles. The van der Waals surface area contributed by atoms with Crippen LogP contribution in [0.4, 0.5) is 0 Å². The van der Waals surface area contributed by atoms with Crippen molar-refractivity contribution < 1.29 is 4.79 Å². The Morgan fingerprint density at radius 3 is 3.00 bits per heavy atom. The molecule has 0 bridgehead atoms. The second-order valence-corrected chi connectivity index (χ2v) is 5.99. The lowest BCUT2D eigenvalue weighted by atomic mass is 9.97. The summed E-state index contributed by atoms with van der Waals surface area (Å²) in [6.45, 7) is 3.49. The van der Waals surface area contributed by atoms with Crippen LogP contribution in [0, 0.1) is 6.92 Å². The van der Waals surface area contributed by atoms with E-state index in [9.17, 15) is 4.79 Å². The van der Waals surface area contributed by atoms with Crippen LogP contribution in [0.25, 0.3) is 0 Å². The minimum absolute atomic E-state index is 0.150. The van der Waals surface area contributed by atoms with Crippen LogP contribution < -0.4 is 5.73 Å². The quantitative estimate of drug-likeness (QED) is 0.928. The Kier molecular flexibility index (Phi) is 4.99. The van der Waals surface area contributed by atoms with Crippen molar-refractivity contribution in [2.75, 3.05) is 13.1 Å². The third-order valence-electron chi connectivity index (χ3n) is 3.89. The maximum absolute atomic E-state index is 12.7. The largest absolute Gasteiger partial charge is 0.336 e. The van der Waals surface area contributed by atoms with E-state index in [4.69, 9.17) is 5.73 Å². The number of nitrogens with two attached hydrogens (primary N) is 1. The Labute approximate surface area is 123 Å². The molecule has 1 aromatic carbocycles. The van der Waals surface area contributed by atoms with Gasteiger partial charge in [0.15, 0.2) is 0 Å². The summed E-state index contributed by atoms with van der Waals surface area (Å²) >= 11 is 3.49. The topological polar surface area (TPSA) is 46.3 Å². The molecule has 1 saturated heterocycles. The first-order valence-corrected chi connectivity index (χ1v) is 7.70. The van der Waals surface area contributed by atoms with Crippen LogP contribution in [-0.4, -0.2) is 29.9 Å². The smallest absolute Gasteiger partial charge is 0.254 e. The minimum atomic E-state index is 0.150. The van der Waals surface area contributed by atoms with Gasteiger partial charge in [-0.1, -0.05) is 22.0 Å². The summed E-state index contributed by atoms with van der Waals surface area (Å²) in [6, 6.07) is 6.12. The molecule has 0 spiro atoms. The molecule has 3 nitrogen and oxygen atoms in total. The van der Waals surface area contributed by atoms with Crippen LogP contribution >= 0.6 is 15.9 Å². The molecule has 0 radical (unpaired) electrons. The second kappa shape index (κ2) is 6.53. The first-order chi connectivity index (χ1) is 9.15. The maximum atomic E-state index is 12.7. The average molecular weight is 325 g/mol. The van der Waals surface area contributed by atoms with E-state index < -0.39 is 0 Å². The number of piperidine rings is 1. The van der Waals surface area contributed by atoms with E-state index >= 15 is 0 Å². The molecule has 1 atom stereocenters. The van der Waals surface area contributed by atoms with E-state index in [0.717, 1.165) is 41.4 Å². The molecule has 0 saturated carbocycles. The maximum Gasteiger partial charge on any atom is 0.254 e. The number of carbonyl (C=O) groups excluding carboxylic acids is 1. The molecule has 2 rings (SSSR count). The van der Waals surface area contributed by atoms with E-state index in [2.05, 4.69) is 15.9 Å². The Hall–Kier alpha value is -0.870. The highest BCUT2D eigenvalue weighted by Crippen LogP contribution is 2.25. The van der Waals surface area contributed by atoms with Crippen LogP contribution in [0.3, 0.4) is 0 Å². The SMILES string of the molecule is Cc1c(Br)cccc1C(=O)N1CCCCC1CCN. The van der Waals surface area contributed by atoms with E-state index in [1.807, 2.05) is 30.0 Å². The van der Waals surface area contributed by atoms with Crippen LogP contribution in [0.2, 0.25) is 0 Å². The average Bonchev–Trinajstić information content (AvgIpc) is 2.42. The Balaban J connectivity index is 2.23. The molecule has 2 N–H and O–H groups in total. The molecule has 1 amide bonds. The van der Waals surface area contributed by atoms with E-state index in [0.29, 0.717) is 12.6 Å². The van der Waals surface area contributed by atoms with Gasteiger partial charge in [0.1, 0.15) is 0 Å². The lowest BCUT2D eigenvalue weighted by Gasteiger charge is -2.36. The number of amides is 1. The molecule has 1 unspecified atom stereocenters. The zero-order chi connectivity index (χ0) is 13.8. The number of nitrogens with zero attached hydrogens (tertiary/aromatic N) is 1. The molecule has 0 aromatic heterocycles. The van der Waals surface area contributed by atoms with E-state index in [-0.39, 0.29) is 5.91 Å². The van der Waals surface area contributed by atoms with Crippen molar-refractivity contribution in [2.24, 2.45) is 5.73 Å². The van der Waals surface area contributed by atoms with Gasteiger partial charge >= 0.3 is 0 Å². The number of carbonyl (C=O) groups is 1. The van der Waals surface area contributed by atoms with Crippen LogP contribution in [0.1, 0.15) is 41.6 Å². The fourth-order valence-electron chi connectivity index (χ4n) is 2.75. The number of hydrogen-bond acceptors (Lipinski definition) is 2. The van der Waals surface area contributed by atoms with Crippen molar-refractivity contribution in [3.63, 3.8) is 0 Å². The predicted molar refractivity (Wildman–Crippen MR) is 81.2 cm³/mol. The molecule has 1 aliphatic heterocycles. The Morgan fingerprint density at radius 2 is 2.26 bits per heavy atom. The third-order valence-corrected chi connectivity index (χ3v) is 4.75. The van der Waals surface area contributed by atoms with Gasteiger partial charge in [0.05, 0.1) is 0 Å². The first kappa shape index (κ1) is 14.5. The zero-order valence-electron chi connectivity index (χ0n) is 11.4. The highest BCUT2D eigenvalue weighted by Gasteiger charge is 2.27. The monoisotopic (exact) mass is 324 g/mol. The van der Waals surface area contributed by atoms with Crippen molar-refractivity contribution >= 4 is 21.8 Å². The van der Waals surface area contributed by atoms with Gasteiger partial charge in [-0.25, -0.2) is 0 Å². The van der Waals surface area contributed by atoms with Gasteiger partial charge in [-0.2, -0.15) is 0 Å². The summed E-state index contributed by atoms with van der Waals surface area (Å²) in [7, 11) is 0. The number of rotatable bonds is 3. The van der Waals surface area contributed by atoms with Crippen LogP contribution in [0.5, 0.6) is 0 Å². The normalized spacial score (nSPS) is 19.5. The van der Waals surface area contributed by atoms with Crippen molar-refractivity contribution in [2.45, 2.75) is 38.6 Å². The van der Waals surface area contributed by atoms with Crippen LogP contribution in [0.15, 0.2) is 22.7 Å². The molecule has 1 aliphatic rings. The highest BCUT2D eigenvalue weighted by atomic mass is 79.9. The molecule has 1 heterocycles. The number of benzene rings is 1. The molecule has 104 valence electrons. The summed E-state index contributed by atoms with van der Waals surface area (Å²) < 4.78 is 0.991. The van der Waals surface area contributed by atoms with Gasteiger partial charge in [-0.3, -0.25) is 4.79 Å². The summed E-state index contributed by atoms with van der Waals surface area (Å²) in [4.78, 5) is 14.7. The molecule has 19 heavy (non-hydrogen) atoms. The molecule has 1 aromatic rings. The Bertz CT molecular complexity index is 459. The van der Waals surface area contributed by atoms with Gasteiger partial charge in [0.2, 0.25) is 0 Å². The fourth-order valence-corrected chi connectivity index (χ4v) is 3.12. The molecular formula is C15H21BrN2O. The fraction of sp³-hybridized carbons (Fsp3) is 0.533. The third kappa shape index (κ3) is 3.18. The Morgan fingerprint density at radius 1 is 1.47 bits per heavy atom. The van der Waals surface area contributed by atoms with Gasteiger partial charge in [0, 0.05) is 22.6 Å². The predicted octanol–water partition coefficient (Wildman–Crippen LogP) is 3.10. The second-order valence-electron chi connectivity index (χ2n) is 5.14. The van der Waals surface area contributed by atoms with Crippen LogP contribution in [-0.2, 0) is 0 Å². The lowest BCUT2D eigenvalue weighted by Crippen LogP contribution is -2.44. The van der Waals surface area contributed by atoms with Gasteiger partial charge in [-0.15, -0.1) is 0 Å². The summed E-state index contributed by atoms with van der Waals surface area (Å²) in [6.07, 6.45) is 4.28. The number of likely N-dealkylation sites (tertiary alicyclic amines) is 1. The summed E-state index contributed by atoms with van der Waals surface area (Å²) in [5.74, 6) is 0.150. The van der Waals surface area contributed by atoms with Crippen molar-refractivity contribution in [1.82, 2.24) is 4.90 Å². The first-order valence-electron chi connectivity index (χ1n) is 6.91. The van der Waals surface area contributed by atoms with Gasteiger partial charge in [0.25, 0.3) is 5.91 Å². The van der Waals surface area contributed by atoms with Gasteiger partial charge in [-0.05, 0) is 56.8 Å². The van der Waals surface area contributed by atoms with Gasteiger partial charge < -0.3 is 10.6 Å². The van der Waals surface area contributed by atoms with Crippen molar-refractivity contribution in [3.8, 4) is 0 Å². The molecule has 4 heteroatoms. The lowest BCUT2D eigenvalue weighted by molar-refractivity contribution is 0.0604. The number of halogens is 1. The van der Waals surface area contributed by atoms with E-state index in [1.165, 1.54) is 6.42 Å².